The number of nitrogens with zero attached hydrogens (tertiary/aromatic N) is 4. The molecule has 0 spiro atoms. The number of thiazole rings is 1. The van der Waals surface area contributed by atoms with Crippen molar-refractivity contribution in [2.75, 3.05) is 44.1 Å². The molecule has 0 aliphatic carbocycles. The molecule has 172 valence electrons. The summed E-state index contributed by atoms with van der Waals surface area (Å²) in [5, 5.41) is 0.598. The maximum absolute atomic E-state index is 13.6. The molecule has 0 unspecified atom stereocenters. The zero-order chi connectivity index (χ0) is 23.5. The molecule has 8 nitrogen and oxygen atoms in total. The highest BCUT2D eigenvalue weighted by molar-refractivity contribution is 7.22. The first-order chi connectivity index (χ1) is 15.9. The Labute approximate surface area is 196 Å². The number of rotatable bonds is 8. The molecule has 1 aromatic heterocycles. The third kappa shape index (κ3) is 4.89. The van der Waals surface area contributed by atoms with Crippen LogP contribution in [-0.4, -0.2) is 61.9 Å². The third-order valence-electron chi connectivity index (χ3n) is 5.45. The first kappa shape index (κ1) is 22.9. The van der Waals surface area contributed by atoms with Gasteiger partial charge in [-0.15, -0.1) is 0 Å². The van der Waals surface area contributed by atoms with Crippen molar-refractivity contribution in [1.82, 2.24) is 9.88 Å². The monoisotopic (exact) mass is 466 g/mol. The van der Waals surface area contributed by atoms with Gasteiger partial charge in [-0.3, -0.25) is 24.2 Å². The van der Waals surface area contributed by atoms with Crippen molar-refractivity contribution in [2.45, 2.75) is 19.3 Å². The molecule has 3 aromatic rings. The van der Waals surface area contributed by atoms with E-state index in [0.717, 1.165) is 33.8 Å². The van der Waals surface area contributed by atoms with Gasteiger partial charge >= 0.3 is 0 Å². The summed E-state index contributed by atoms with van der Waals surface area (Å²) in [4.78, 5) is 47.5. The van der Waals surface area contributed by atoms with E-state index in [4.69, 9.17) is 9.72 Å². The predicted molar refractivity (Wildman–Crippen MR) is 129 cm³/mol. The molecule has 4 rings (SSSR count). The molecule has 3 amide bonds. The molecule has 0 atom stereocenters. The second-order valence-corrected chi connectivity index (χ2v) is 9.13. The number of anilines is 2. The van der Waals surface area contributed by atoms with Gasteiger partial charge < -0.3 is 9.64 Å². The van der Waals surface area contributed by atoms with Gasteiger partial charge in [0.2, 0.25) is 11.8 Å². The van der Waals surface area contributed by atoms with Crippen LogP contribution in [0.2, 0.25) is 0 Å². The average molecular weight is 467 g/mol. The molecule has 33 heavy (non-hydrogen) atoms. The van der Waals surface area contributed by atoms with E-state index < -0.39 is 0 Å². The van der Waals surface area contributed by atoms with Crippen LogP contribution in [0, 0.1) is 0 Å². The highest BCUT2D eigenvalue weighted by Gasteiger charge is 2.31. The first-order valence-corrected chi connectivity index (χ1v) is 11.6. The normalized spacial score (nSPS) is 13.9. The third-order valence-corrected chi connectivity index (χ3v) is 6.49. The summed E-state index contributed by atoms with van der Waals surface area (Å²) in [5.41, 5.74) is 1.63. The SMILES string of the molecule is COc1ccc2nc(N(CCCN(C)C)C(=O)c3cccc(N4C(=O)CCC4=O)c3)sc2c1. The van der Waals surface area contributed by atoms with Crippen molar-refractivity contribution in [2.24, 2.45) is 0 Å². The number of carbonyl (C=O) groups is 3. The summed E-state index contributed by atoms with van der Waals surface area (Å²) in [5.74, 6) is 0.0247. The molecular weight excluding hydrogens is 440 g/mol. The van der Waals surface area contributed by atoms with Crippen LogP contribution in [0.3, 0.4) is 0 Å². The second kappa shape index (κ2) is 9.68. The Kier molecular flexibility index (Phi) is 6.71. The molecule has 1 saturated heterocycles. The van der Waals surface area contributed by atoms with Crippen molar-refractivity contribution in [1.29, 1.82) is 0 Å². The standard InChI is InChI=1S/C24H26N4O4S/c1-26(2)12-5-13-27(24-25-19-9-8-18(32-3)15-20(19)33-24)23(31)16-6-4-7-17(14-16)28-21(29)10-11-22(28)30/h4,6-9,14-15H,5,10-13H2,1-3H3. The largest absolute Gasteiger partial charge is 0.497 e. The lowest BCUT2D eigenvalue weighted by atomic mass is 10.1. The van der Waals surface area contributed by atoms with Gasteiger partial charge in [-0.25, -0.2) is 4.98 Å². The zero-order valence-corrected chi connectivity index (χ0v) is 19.7. The van der Waals surface area contributed by atoms with E-state index in [9.17, 15) is 14.4 Å². The number of imide groups is 1. The van der Waals surface area contributed by atoms with Crippen molar-refractivity contribution >= 4 is 50.1 Å². The van der Waals surface area contributed by atoms with Crippen LogP contribution in [0.1, 0.15) is 29.6 Å². The number of aromatic nitrogens is 1. The second-order valence-electron chi connectivity index (χ2n) is 8.12. The Balaban J connectivity index is 1.67. The lowest BCUT2D eigenvalue weighted by molar-refractivity contribution is -0.121. The topological polar surface area (TPSA) is 83.1 Å². The molecule has 1 fully saturated rings. The maximum atomic E-state index is 13.6. The maximum Gasteiger partial charge on any atom is 0.260 e. The van der Waals surface area contributed by atoms with Gasteiger partial charge in [0.15, 0.2) is 5.13 Å². The van der Waals surface area contributed by atoms with Crippen molar-refractivity contribution in [3.05, 3.63) is 48.0 Å². The van der Waals surface area contributed by atoms with Crippen LogP contribution in [0.4, 0.5) is 10.8 Å². The number of fused-ring (bicyclic) bond motifs is 1. The van der Waals surface area contributed by atoms with E-state index >= 15 is 0 Å². The van der Waals surface area contributed by atoms with Crippen LogP contribution in [0.15, 0.2) is 42.5 Å². The van der Waals surface area contributed by atoms with Crippen LogP contribution < -0.4 is 14.5 Å². The summed E-state index contributed by atoms with van der Waals surface area (Å²) in [6.45, 7) is 1.30. The van der Waals surface area contributed by atoms with Gasteiger partial charge in [-0.1, -0.05) is 17.4 Å². The van der Waals surface area contributed by atoms with Crippen LogP contribution in [0.5, 0.6) is 5.75 Å². The van der Waals surface area contributed by atoms with Crippen molar-refractivity contribution < 1.29 is 19.1 Å². The molecule has 2 heterocycles. The Bertz CT molecular complexity index is 1190. The molecule has 0 N–H and O–H groups in total. The fourth-order valence-corrected chi connectivity index (χ4v) is 4.78. The zero-order valence-electron chi connectivity index (χ0n) is 18.9. The van der Waals surface area contributed by atoms with Crippen LogP contribution >= 0.6 is 11.3 Å². The smallest absolute Gasteiger partial charge is 0.260 e. The van der Waals surface area contributed by atoms with E-state index in [2.05, 4.69) is 4.90 Å². The van der Waals surface area contributed by atoms with Gasteiger partial charge in [0, 0.05) is 24.9 Å². The molecular formula is C24H26N4O4S. The molecule has 0 bridgehead atoms. The summed E-state index contributed by atoms with van der Waals surface area (Å²) in [7, 11) is 5.59. The average Bonchev–Trinajstić information content (AvgIpc) is 3.37. The highest BCUT2D eigenvalue weighted by Crippen LogP contribution is 2.33. The fourth-order valence-electron chi connectivity index (χ4n) is 3.76. The number of hydrogen-bond acceptors (Lipinski definition) is 7. The van der Waals surface area contributed by atoms with E-state index in [1.807, 2.05) is 32.3 Å². The quantitative estimate of drug-likeness (QED) is 0.472. The summed E-state index contributed by atoms with van der Waals surface area (Å²) >= 11 is 1.43. The number of amides is 3. The van der Waals surface area contributed by atoms with Gasteiger partial charge in [0.1, 0.15) is 5.75 Å². The minimum atomic E-state index is -0.243. The lowest BCUT2D eigenvalue weighted by Gasteiger charge is -2.22. The lowest BCUT2D eigenvalue weighted by Crippen LogP contribution is -2.34. The first-order valence-electron chi connectivity index (χ1n) is 10.7. The number of benzene rings is 2. The number of methoxy groups -OCH3 is 1. The predicted octanol–water partition coefficient (Wildman–Crippen LogP) is 3.56. The molecule has 9 heteroatoms. The van der Waals surface area contributed by atoms with E-state index in [1.54, 1.807) is 36.3 Å². The molecule has 1 aliphatic rings. The Morgan fingerprint density at radius 3 is 2.55 bits per heavy atom. The fraction of sp³-hybridized carbons (Fsp3) is 0.333. The number of carbonyl (C=O) groups excluding carboxylic acids is 3. The number of ether oxygens (including phenoxy) is 1. The van der Waals surface area contributed by atoms with E-state index in [0.29, 0.717) is 22.9 Å². The molecule has 1 aliphatic heterocycles. The van der Waals surface area contributed by atoms with E-state index in [-0.39, 0.29) is 30.6 Å². The molecule has 0 saturated carbocycles. The van der Waals surface area contributed by atoms with Gasteiger partial charge in [-0.2, -0.15) is 0 Å². The summed E-state index contributed by atoms with van der Waals surface area (Å²) < 4.78 is 6.24. The Morgan fingerprint density at radius 2 is 1.85 bits per heavy atom. The summed E-state index contributed by atoms with van der Waals surface area (Å²) in [6.07, 6.45) is 1.16. The Hall–Kier alpha value is -3.30. The van der Waals surface area contributed by atoms with Crippen molar-refractivity contribution in [3.63, 3.8) is 0 Å². The van der Waals surface area contributed by atoms with Gasteiger partial charge in [0.25, 0.3) is 5.91 Å². The Morgan fingerprint density at radius 1 is 1.09 bits per heavy atom. The molecule has 2 aromatic carbocycles. The van der Waals surface area contributed by atoms with Crippen molar-refractivity contribution in [3.8, 4) is 5.75 Å². The van der Waals surface area contributed by atoms with Gasteiger partial charge in [0.05, 0.1) is 23.0 Å². The minimum Gasteiger partial charge on any atom is -0.497 e. The van der Waals surface area contributed by atoms with Crippen LogP contribution in [0.25, 0.3) is 10.2 Å². The molecule has 0 radical (unpaired) electrons. The van der Waals surface area contributed by atoms with Crippen LogP contribution in [-0.2, 0) is 9.59 Å². The van der Waals surface area contributed by atoms with E-state index in [1.165, 1.54) is 11.3 Å². The number of hydrogen-bond donors (Lipinski definition) is 0. The minimum absolute atomic E-state index is 0.197. The van der Waals surface area contributed by atoms with Gasteiger partial charge in [-0.05, 0) is 63.5 Å². The highest BCUT2D eigenvalue weighted by atomic mass is 32.1. The summed E-state index contributed by atoms with van der Waals surface area (Å²) in [6, 6.07) is 12.3.